The number of hydrogen-bond acceptors (Lipinski definition) is 7. The monoisotopic (exact) mass is 478 g/mol. The third kappa shape index (κ3) is 4.43. The van der Waals surface area contributed by atoms with Crippen molar-refractivity contribution in [3.8, 4) is 23.0 Å². The molecule has 35 heavy (non-hydrogen) atoms. The number of rotatable bonds is 7. The molecule has 1 amide bonds. The first-order valence-electron chi connectivity index (χ1n) is 11.4. The van der Waals surface area contributed by atoms with Crippen LogP contribution in [-0.4, -0.2) is 40.1 Å². The van der Waals surface area contributed by atoms with Crippen LogP contribution in [0.2, 0.25) is 0 Å². The molecule has 0 radical (unpaired) electrons. The summed E-state index contributed by atoms with van der Waals surface area (Å²) in [4.78, 5) is 27.0. The Balaban J connectivity index is 1.87. The molecule has 4 rings (SSSR count). The van der Waals surface area contributed by atoms with Gasteiger partial charge in [-0.15, -0.1) is 0 Å². The van der Waals surface area contributed by atoms with E-state index in [9.17, 15) is 9.59 Å². The van der Waals surface area contributed by atoms with E-state index < -0.39 is 5.92 Å². The number of carbonyl (C=O) groups excluding carboxylic acids is 2. The quantitative estimate of drug-likeness (QED) is 0.612. The molecular weight excluding hydrogens is 448 g/mol. The van der Waals surface area contributed by atoms with Gasteiger partial charge in [0.25, 0.3) is 5.91 Å². The van der Waals surface area contributed by atoms with Crippen molar-refractivity contribution in [3.05, 3.63) is 64.5 Å². The summed E-state index contributed by atoms with van der Waals surface area (Å²) >= 11 is 0. The normalized spacial score (nSPS) is 17.4. The summed E-state index contributed by atoms with van der Waals surface area (Å²) in [5.41, 5.74) is 3.82. The number of amides is 1. The van der Waals surface area contributed by atoms with Gasteiger partial charge < -0.3 is 29.6 Å². The minimum absolute atomic E-state index is 0.0209. The molecule has 2 N–H and O–H groups in total. The van der Waals surface area contributed by atoms with Crippen molar-refractivity contribution in [1.82, 2.24) is 5.32 Å². The molecule has 8 heteroatoms. The number of ketones is 1. The molecule has 184 valence electrons. The van der Waals surface area contributed by atoms with Gasteiger partial charge in [0.15, 0.2) is 17.3 Å². The van der Waals surface area contributed by atoms with Gasteiger partial charge in [-0.3, -0.25) is 9.59 Å². The zero-order chi connectivity index (χ0) is 25.1. The van der Waals surface area contributed by atoms with Crippen LogP contribution in [0.5, 0.6) is 23.0 Å². The maximum atomic E-state index is 13.8. The van der Waals surface area contributed by atoms with Gasteiger partial charge in [-0.1, -0.05) is 12.1 Å². The van der Waals surface area contributed by atoms with Gasteiger partial charge in [0.05, 0.1) is 34.1 Å². The molecule has 1 heterocycles. The van der Waals surface area contributed by atoms with Crippen molar-refractivity contribution in [2.75, 3.05) is 33.8 Å². The molecule has 1 aliphatic heterocycles. The van der Waals surface area contributed by atoms with E-state index in [0.717, 1.165) is 18.5 Å². The second kappa shape index (κ2) is 10.1. The third-order valence-corrected chi connectivity index (χ3v) is 6.40. The van der Waals surface area contributed by atoms with Gasteiger partial charge in [0.2, 0.25) is 5.75 Å². The second-order valence-electron chi connectivity index (χ2n) is 8.38. The van der Waals surface area contributed by atoms with Gasteiger partial charge in [0.1, 0.15) is 5.75 Å². The van der Waals surface area contributed by atoms with E-state index >= 15 is 0 Å². The fourth-order valence-electron chi connectivity index (χ4n) is 4.82. The molecule has 0 saturated heterocycles. The van der Waals surface area contributed by atoms with E-state index in [1.807, 2.05) is 19.1 Å². The number of ether oxygens (including phenoxy) is 4. The van der Waals surface area contributed by atoms with Crippen molar-refractivity contribution in [3.63, 3.8) is 0 Å². The van der Waals surface area contributed by atoms with Crippen LogP contribution in [0.25, 0.3) is 0 Å². The lowest BCUT2D eigenvalue weighted by atomic mass is 9.75. The number of methoxy groups -OCH3 is 4. The average Bonchev–Trinajstić information content (AvgIpc) is 2.87. The minimum atomic E-state index is -0.609. The fourth-order valence-corrected chi connectivity index (χ4v) is 4.82. The average molecular weight is 479 g/mol. The lowest BCUT2D eigenvalue weighted by Gasteiger charge is -2.35. The Morgan fingerprint density at radius 2 is 1.60 bits per heavy atom. The lowest BCUT2D eigenvalue weighted by molar-refractivity contribution is -0.116. The number of benzene rings is 2. The fraction of sp³-hybridized carbons (Fsp3) is 0.333. The molecular formula is C27H30N2O6. The molecule has 0 spiro atoms. The van der Waals surface area contributed by atoms with Crippen molar-refractivity contribution in [1.29, 1.82) is 0 Å². The number of dihydropyridines is 1. The molecule has 1 atom stereocenters. The van der Waals surface area contributed by atoms with Crippen LogP contribution in [0.4, 0.5) is 5.69 Å². The predicted molar refractivity (Wildman–Crippen MR) is 132 cm³/mol. The van der Waals surface area contributed by atoms with Crippen molar-refractivity contribution < 1.29 is 28.5 Å². The summed E-state index contributed by atoms with van der Waals surface area (Å²) in [5, 5.41) is 6.30. The highest BCUT2D eigenvalue weighted by atomic mass is 16.5. The van der Waals surface area contributed by atoms with Crippen LogP contribution in [0.3, 0.4) is 0 Å². The van der Waals surface area contributed by atoms with Gasteiger partial charge in [0, 0.05) is 34.9 Å². The summed E-state index contributed by atoms with van der Waals surface area (Å²) < 4.78 is 22.0. The number of nitrogens with one attached hydrogen (secondary N) is 2. The number of para-hydroxylation sites is 2. The number of hydrogen-bond donors (Lipinski definition) is 2. The highest BCUT2D eigenvalue weighted by Crippen LogP contribution is 2.47. The Morgan fingerprint density at radius 1 is 0.943 bits per heavy atom. The van der Waals surface area contributed by atoms with Crippen LogP contribution in [0.1, 0.15) is 37.7 Å². The van der Waals surface area contributed by atoms with Crippen LogP contribution < -0.4 is 29.6 Å². The van der Waals surface area contributed by atoms with Gasteiger partial charge in [-0.05, 0) is 49.6 Å². The second-order valence-corrected chi connectivity index (χ2v) is 8.38. The first-order valence-corrected chi connectivity index (χ1v) is 11.4. The number of Topliss-reactive ketones (excluding diaryl/α,β-unsaturated/α-hetero) is 1. The van der Waals surface area contributed by atoms with E-state index in [1.165, 1.54) is 21.3 Å². The topological polar surface area (TPSA) is 95.1 Å². The molecule has 2 aromatic rings. The first kappa shape index (κ1) is 24.2. The molecule has 0 unspecified atom stereocenters. The maximum absolute atomic E-state index is 13.8. The highest BCUT2D eigenvalue weighted by molar-refractivity contribution is 6.10. The highest BCUT2D eigenvalue weighted by Gasteiger charge is 2.39. The molecule has 0 bridgehead atoms. The van der Waals surface area contributed by atoms with Gasteiger partial charge in [-0.25, -0.2) is 0 Å². The van der Waals surface area contributed by atoms with Crippen LogP contribution in [0.15, 0.2) is 58.9 Å². The molecule has 0 fully saturated rings. The maximum Gasteiger partial charge on any atom is 0.254 e. The van der Waals surface area contributed by atoms with Crippen LogP contribution in [0, 0.1) is 0 Å². The summed E-state index contributed by atoms with van der Waals surface area (Å²) in [6.45, 7) is 1.85. The van der Waals surface area contributed by atoms with E-state index in [1.54, 1.807) is 31.4 Å². The summed E-state index contributed by atoms with van der Waals surface area (Å²) in [5.74, 6) is 0.970. The Labute approximate surface area is 204 Å². The number of allylic oxidation sites excluding steroid dienone is 3. The molecule has 0 saturated carbocycles. The Morgan fingerprint density at radius 3 is 2.23 bits per heavy atom. The van der Waals surface area contributed by atoms with Crippen LogP contribution in [-0.2, 0) is 9.59 Å². The van der Waals surface area contributed by atoms with E-state index in [2.05, 4.69) is 10.6 Å². The zero-order valence-electron chi connectivity index (χ0n) is 20.6. The smallest absolute Gasteiger partial charge is 0.254 e. The zero-order valence-corrected chi connectivity index (χ0v) is 20.6. The van der Waals surface area contributed by atoms with E-state index in [-0.39, 0.29) is 11.7 Å². The first-order chi connectivity index (χ1) is 16.9. The van der Waals surface area contributed by atoms with Gasteiger partial charge in [-0.2, -0.15) is 0 Å². The lowest BCUT2D eigenvalue weighted by Crippen LogP contribution is -2.35. The molecule has 1 aliphatic carbocycles. The van der Waals surface area contributed by atoms with Crippen molar-refractivity contribution in [2.45, 2.75) is 32.1 Å². The Kier molecular flexibility index (Phi) is 7.00. The SMILES string of the molecule is COc1ccccc1NC(=O)C1=C(C)NC2=C(C(=O)CCC2)[C@@H]1c1cc(OC)c(OC)c(OC)c1. The number of carbonyl (C=O) groups is 2. The molecule has 8 nitrogen and oxygen atoms in total. The summed E-state index contributed by atoms with van der Waals surface area (Å²) in [6.07, 6.45) is 1.94. The number of anilines is 1. The molecule has 0 aromatic heterocycles. The summed E-state index contributed by atoms with van der Waals surface area (Å²) in [7, 11) is 6.16. The molecule has 2 aromatic carbocycles. The third-order valence-electron chi connectivity index (χ3n) is 6.40. The van der Waals surface area contributed by atoms with Crippen LogP contribution >= 0.6 is 0 Å². The largest absolute Gasteiger partial charge is 0.495 e. The van der Waals surface area contributed by atoms with E-state index in [0.29, 0.717) is 57.5 Å². The standard InChI is InChI=1S/C27H30N2O6/c1-15-23(27(31)29-17-9-6-7-12-20(17)32-2)24(25-18(28-15)10-8-11-19(25)30)16-13-21(33-3)26(35-5)22(14-16)34-4/h6-7,9,12-14,24,28H,8,10-11H2,1-5H3,(H,29,31)/t24-/m1/s1. The summed E-state index contributed by atoms with van der Waals surface area (Å²) in [6, 6.07) is 10.8. The van der Waals surface area contributed by atoms with Crippen molar-refractivity contribution in [2.24, 2.45) is 0 Å². The van der Waals surface area contributed by atoms with Gasteiger partial charge >= 0.3 is 0 Å². The van der Waals surface area contributed by atoms with E-state index in [4.69, 9.17) is 18.9 Å². The Hall–Kier alpha value is -3.94. The predicted octanol–water partition coefficient (Wildman–Crippen LogP) is 4.33. The Bertz CT molecular complexity index is 1200. The minimum Gasteiger partial charge on any atom is -0.495 e. The molecule has 2 aliphatic rings. The van der Waals surface area contributed by atoms with Crippen molar-refractivity contribution >= 4 is 17.4 Å².